The lowest BCUT2D eigenvalue weighted by molar-refractivity contribution is 1.38. The molecule has 0 saturated carbocycles. The lowest BCUT2D eigenvalue weighted by Gasteiger charge is -2.05. The molecule has 0 saturated heterocycles. The summed E-state index contributed by atoms with van der Waals surface area (Å²) in [5.74, 6) is 0. The van der Waals surface area contributed by atoms with E-state index in [1.807, 2.05) is 31.3 Å². The van der Waals surface area contributed by atoms with Crippen molar-refractivity contribution in [3.63, 3.8) is 0 Å². The smallest absolute Gasteiger partial charge is 0.0355 e. The van der Waals surface area contributed by atoms with Crippen molar-refractivity contribution in [1.29, 1.82) is 0 Å². The molecule has 0 radical (unpaired) electrons. The van der Waals surface area contributed by atoms with Gasteiger partial charge in [-0.25, -0.2) is 0 Å². The molecule has 0 aliphatic rings. The third-order valence-corrected chi connectivity index (χ3v) is 5.02. The average molecular weight is 335 g/mol. The summed E-state index contributed by atoms with van der Waals surface area (Å²) in [5, 5.41) is 2.64. The van der Waals surface area contributed by atoms with E-state index in [1.54, 1.807) is 0 Å². The van der Waals surface area contributed by atoms with Gasteiger partial charge in [-0.15, -0.1) is 11.3 Å². The molecule has 3 rings (SSSR count). The van der Waals surface area contributed by atoms with Gasteiger partial charge in [0.2, 0.25) is 0 Å². The van der Waals surface area contributed by atoms with Gasteiger partial charge in [-0.1, -0.05) is 68.0 Å². The molecule has 0 bridgehead atoms. The van der Waals surface area contributed by atoms with Crippen molar-refractivity contribution >= 4 is 33.6 Å². The molecule has 0 atom stereocenters. The highest BCUT2D eigenvalue weighted by Gasteiger charge is 2.05. The van der Waals surface area contributed by atoms with Crippen molar-refractivity contribution in [2.45, 2.75) is 34.6 Å². The molecule has 0 aliphatic heterocycles. The third-order valence-electron chi connectivity index (χ3n) is 3.87. The molecule has 1 aromatic heterocycles. The lowest BCUT2D eigenvalue weighted by atomic mass is 9.99. The van der Waals surface area contributed by atoms with Gasteiger partial charge in [0.25, 0.3) is 0 Å². The van der Waals surface area contributed by atoms with Crippen LogP contribution in [0, 0.1) is 13.8 Å². The zero-order valence-corrected chi connectivity index (χ0v) is 16.1. The summed E-state index contributed by atoms with van der Waals surface area (Å²) in [6, 6.07) is 13.5. The van der Waals surface area contributed by atoms with Crippen LogP contribution in [0.25, 0.3) is 33.4 Å². The molecule has 2 aromatic carbocycles. The summed E-state index contributed by atoms with van der Waals surface area (Å²) < 4.78 is 2.61. The number of aryl methyl sites for hydroxylation is 2. The van der Waals surface area contributed by atoms with Gasteiger partial charge in [-0.2, -0.15) is 0 Å². The fourth-order valence-electron chi connectivity index (χ4n) is 2.99. The molecule has 0 unspecified atom stereocenters. The number of benzene rings is 2. The van der Waals surface area contributed by atoms with Crippen LogP contribution in [-0.4, -0.2) is 0 Å². The number of rotatable bonds is 2. The van der Waals surface area contributed by atoms with Crippen LogP contribution in [0.4, 0.5) is 0 Å². The van der Waals surface area contributed by atoms with E-state index in [0.29, 0.717) is 0 Å². The second-order valence-corrected chi connectivity index (χ2v) is 6.74. The van der Waals surface area contributed by atoms with Gasteiger partial charge in [0.15, 0.2) is 0 Å². The van der Waals surface area contributed by atoms with Crippen molar-refractivity contribution in [2.24, 2.45) is 0 Å². The topological polar surface area (TPSA) is 0 Å². The van der Waals surface area contributed by atoms with Crippen LogP contribution in [0.5, 0.6) is 0 Å². The maximum Gasteiger partial charge on any atom is 0.0355 e. The Morgan fingerprint density at radius 1 is 0.917 bits per heavy atom. The Hall–Kier alpha value is -2.12. The van der Waals surface area contributed by atoms with Gasteiger partial charge >= 0.3 is 0 Å². The predicted molar refractivity (Wildman–Crippen MR) is 112 cm³/mol. The first-order chi connectivity index (χ1) is 11.6. The van der Waals surface area contributed by atoms with Crippen molar-refractivity contribution < 1.29 is 0 Å². The maximum absolute atomic E-state index is 3.82. The summed E-state index contributed by atoms with van der Waals surface area (Å²) in [7, 11) is 0. The first-order valence-electron chi connectivity index (χ1n) is 8.52. The Kier molecular flexibility index (Phi) is 6.16. The monoisotopic (exact) mass is 334 g/mol. The summed E-state index contributed by atoms with van der Waals surface area (Å²) in [6.07, 6.45) is 6.15. The molecular weight excluding hydrogens is 308 g/mol. The minimum atomic E-state index is 1.28. The normalized spacial score (nSPS) is 12.2. The molecule has 24 heavy (non-hydrogen) atoms. The van der Waals surface area contributed by atoms with Crippen LogP contribution >= 0.6 is 11.3 Å². The summed E-state index contributed by atoms with van der Waals surface area (Å²) in [4.78, 5) is 0. The number of allylic oxidation sites excluding steroid dienone is 1. The quantitative estimate of drug-likeness (QED) is 0.541. The molecule has 1 heterocycles. The van der Waals surface area contributed by atoms with Crippen LogP contribution in [0.15, 0.2) is 49.1 Å². The van der Waals surface area contributed by atoms with Crippen LogP contribution in [0.2, 0.25) is 0 Å². The van der Waals surface area contributed by atoms with Gasteiger partial charge in [0.05, 0.1) is 0 Å². The Bertz CT molecular complexity index is 951. The molecule has 0 N–H and O–H groups in total. The first kappa shape index (κ1) is 18.2. The van der Waals surface area contributed by atoms with Gasteiger partial charge in [-0.3, -0.25) is 0 Å². The molecule has 0 fully saturated rings. The Labute approximate surface area is 149 Å². The van der Waals surface area contributed by atoms with Gasteiger partial charge in [-0.05, 0) is 55.3 Å². The second-order valence-electron chi connectivity index (χ2n) is 5.66. The minimum Gasteiger partial charge on any atom is -0.135 e. The fourth-order valence-corrected chi connectivity index (χ4v) is 4.14. The largest absolute Gasteiger partial charge is 0.135 e. The molecule has 0 nitrogen and oxygen atoms in total. The Morgan fingerprint density at radius 3 is 2.17 bits per heavy atom. The van der Waals surface area contributed by atoms with Gasteiger partial charge < -0.3 is 0 Å². The van der Waals surface area contributed by atoms with Crippen molar-refractivity contribution in [3.05, 3.63) is 69.9 Å². The van der Waals surface area contributed by atoms with E-state index in [4.69, 9.17) is 0 Å². The molecule has 0 spiro atoms. The number of hydrogen-bond acceptors (Lipinski definition) is 1. The van der Waals surface area contributed by atoms with Gasteiger partial charge in [0, 0.05) is 14.6 Å². The van der Waals surface area contributed by atoms with Gasteiger partial charge in [0.1, 0.15) is 0 Å². The summed E-state index contributed by atoms with van der Waals surface area (Å²) in [5.41, 5.74) is 5.19. The standard InChI is InChI=1S/C21H20S.C2H6/c1-5-7-20-18(6-2)19-13-16(8-9-21(19)22-20)17-11-14(3)10-15(4)12-17;1-2/h5-13H,1H2,2-4H3;1-2H3/b18-6-,20-7+;. The lowest BCUT2D eigenvalue weighted by Crippen LogP contribution is -2.17. The van der Waals surface area contributed by atoms with Crippen LogP contribution < -0.4 is 9.75 Å². The third kappa shape index (κ3) is 3.68. The molecule has 1 heteroatoms. The van der Waals surface area contributed by atoms with E-state index in [2.05, 4.69) is 75.9 Å². The second kappa shape index (κ2) is 8.12. The van der Waals surface area contributed by atoms with Crippen LogP contribution in [-0.2, 0) is 0 Å². The first-order valence-corrected chi connectivity index (χ1v) is 9.34. The molecule has 124 valence electrons. The maximum atomic E-state index is 3.82. The highest BCUT2D eigenvalue weighted by atomic mass is 32.1. The molecular formula is C23H26S. The number of fused-ring (bicyclic) bond motifs is 1. The summed E-state index contributed by atoms with van der Waals surface area (Å²) in [6.45, 7) is 14.2. The zero-order chi connectivity index (χ0) is 17.7. The van der Waals surface area contributed by atoms with E-state index < -0.39 is 0 Å². The highest BCUT2D eigenvalue weighted by molar-refractivity contribution is 7.17. The highest BCUT2D eigenvalue weighted by Crippen LogP contribution is 2.26. The van der Waals surface area contributed by atoms with Crippen molar-refractivity contribution in [3.8, 4) is 11.1 Å². The van der Waals surface area contributed by atoms with Crippen molar-refractivity contribution in [2.75, 3.05) is 0 Å². The Balaban J connectivity index is 0.00000100. The molecule has 0 amide bonds. The Morgan fingerprint density at radius 2 is 1.58 bits per heavy atom. The number of thiophene rings is 1. The van der Waals surface area contributed by atoms with E-state index in [1.165, 1.54) is 42.1 Å². The summed E-state index contributed by atoms with van der Waals surface area (Å²) >= 11 is 1.83. The van der Waals surface area contributed by atoms with E-state index >= 15 is 0 Å². The minimum absolute atomic E-state index is 1.28. The fraction of sp³-hybridized carbons (Fsp3) is 0.217. The van der Waals surface area contributed by atoms with Crippen LogP contribution in [0.1, 0.15) is 31.9 Å². The van der Waals surface area contributed by atoms with E-state index in [0.717, 1.165) is 0 Å². The average Bonchev–Trinajstić information content (AvgIpc) is 2.92. The SMILES string of the molecule is C=C/C=c1/sc2ccc(-c3cc(C)cc(C)c3)cc2/c1=C/C.CC. The van der Waals surface area contributed by atoms with Crippen molar-refractivity contribution in [1.82, 2.24) is 0 Å². The van der Waals surface area contributed by atoms with Crippen LogP contribution in [0.3, 0.4) is 0 Å². The van der Waals surface area contributed by atoms with E-state index in [-0.39, 0.29) is 0 Å². The molecule has 3 aromatic rings. The zero-order valence-electron chi connectivity index (χ0n) is 15.3. The number of hydrogen-bond donors (Lipinski definition) is 0. The molecule has 0 aliphatic carbocycles. The van der Waals surface area contributed by atoms with E-state index in [9.17, 15) is 0 Å². The predicted octanol–water partition coefficient (Wildman–Crippen LogP) is 5.98.